The summed E-state index contributed by atoms with van der Waals surface area (Å²) in [5, 5.41) is 0. The Labute approximate surface area is 107 Å². The Morgan fingerprint density at radius 1 is 0.706 bits per heavy atom. The second-order valence-electron chi connectivity index (χ2n) is 6.41. The quantitative estimate of drug-likeness (QED) is 0.559. The molecule has 0 atom stereocenters. The minimum absolute atomic E-state index is 0.994. The van der Waals surface area contributed by atoms with Crippen molar-refractivity contribution in [2.45, 2.75) is 65.2 Å². The van der Waals surface area contributed by atoms with Crippen molar-refractivity contribution in [3.63, 3.8) is 0 Å². The van der Waals surface area contributed by atoms with Crippen LogP contribution >= 0.6 is 0 Å². The molecule has 0 radical (unpaired) electrons. The smallest absolute Gasteiger partial charge is 0.0468 e. The Kier molecular flexibility index (Phi) is 5.34. The Balaban J connectivity index is 1.36. The van der Waals surface area contributed by atoms with E-state index in [9.17, 15) is 0 Å². The number of hydrogen-bond donors (Lipinski definition) is 0. The summed E-state index contributed by atoms with van der Waals surface area (Å²) in [6.07, 6.45) is 11.3. The lowest BCUT2D eigenvalue weighted by Gasteiger charge is -2.35. The van der Waals surface area contributed by atoms with Gasteiger partial charge >= 0.3 is 0 Å². The van der Waals surface area contributed by atoms with E-state index < -0.39 is 0 Å². The van der Waals surface area contributed by atoms with Crippen LogP contribution in [0.2, 0.25) is 0 Å². The van der Waals surface area contributed by atoms with Crippen molar-refractivity contribution in [1.82, 2.24) is 0 Å². The molecule has 2 aliphatic rings. The average molecular weight is 238 g/mol. The van der Waals surface area contributed by atoms with Crippen LogP contribution in [0.4, 0.5) is 0 Å². The zero-order valence-corrected chi connectivity index (χ0v) is 11.8. The van der Waals surface area contributed by atoms with Crippen molar-refractivity contribution >= 4 is 0 Å². The van der Waals surface area contributed by atoms with Crippen LogP contribution in [0.5, 0.6) is 0 Å². The Hall–Kier alpha value is -0.0400. The van der Waals surface area contributed by atoms with Gasteiger partial charge in [-0.15, -0.1) is 0 Å². The molecular weight excluding hydrogens is 208 g/mol. The third-order valence-electron chi connectivity index (χ3n) is 5.16. The van der Waals surface area contributed by atoms with Gasteiger partial charge in [0, 0.05) is 13.2 Å². The van der Waals surface area contributed by atoms with E-state index in [4.69, 9.17) is 4.74 Å². The molecule has 0 spiro atoms. The van der Waals surface area contributed by atoms with Gasteiger partial charge in [-0.2, -0.15) is 0 Å². The molecule has 0 aromatic rings. The van der Waals surface area contributed by atoms with Gasteiger partial charge < -0.3 is 4.74 Å². The summed E-state index contributed by atoms with van der Waals surface area (Å²) in [7, 11) is 0. The zero-order chi connectivity index (χ0) is 12.1. The van der Waals surface area contributed by atoms with Crippen molar-refractivity contribution in [2.24, 2.45) is 23.7 Å². The molecule has 2 aliphatic carbocycles. The summed E-state index contributed by atoms with van der Waals surface area (Å²) >= 11 is 0. The SMILES string of the molecule is CCC1CC(CCOCCC2CC(CC)C2)C1. The molecule has 0 N–H and O–H groups in total. The van der Waals surface area contributed by atoms with Crippen LogP contribution in [0, 0.1) is 23.7 Å². The van der Waals surface area contributed by atoms with Gasteiger partial charge in [-0.3, -0.25) is 0 Å². The molecule has 17 heavy (non-hydrogen) atoms. The van der Waals surface area contributed by atoms with E-state index in [0.29, 0.717) is 0 Å². The second-order valence-corrected chi connectivity index (χ2v) is 6.41. The Morgan fingerprint density at radius 3 is 1.47 bits per heavy atom. The van der Waals surface area contributed by atoms with Gasteiger partial charge in [0.2, 0.25) is 0 Å². The topological polar surface area (TPSA) is 9.23 Å². The minimum atomic E-state index is 0.994. The van der Waals surface area contributed by atoms with E-state index in [2.05, 4.69) is 13.8 Å². The first kappa shape index (κ1) is 13.4. The lowest BCUT2D eigenvalue weighted by atomic mass is 9.72. The van der Waals surface area contributed by atoms with Crippen LogP contribution in [0.15, 0.2) is 0 Å². The molecule has 0 aromatic heterocycles. The third kappa shape index (κ3) is 3.98. The molecule has 0 saturated heterocycles. The van der Waals surface area contributed by atoms with E-state index in [-0.39, 0.29) is 0 Å². The maximum absolute atomic E-state index is 5.78. The summed E-state index contributed by atoms with van der Waals surface area (Å²) in [5.41, 5.74) is 0. The summed E-state index contributed by atoms with van der Waals surface area (Å²) < 4.78 is 5.78. The first-order chi connectivity index (χ1) is 8.31. The predicted molar refractivity (Wildman–Crippen MR) is 73.1 cm³/mol. The lowest BCUT2D eigenvalue weighted by molar-refractivity contribution is 0.0624. The highest BCUT2D eigenvalue weighted by Crippen LogP contribution is 2.39. The average Bonchev–Trinajstić information content (AvgIpc) is 2.22. The van der Waals surface area contributed by atoms with Crippen molar-refractivity contribution in [3.8, 4) is 0 Å². The van der Waals surface area contributed by atoms with Gasteiger partial charge in [-0.05, 0) is 62.2 Å². The minimum Gasteiger partial charge on any atom is -0.381 e. The molecule has 1 heteroatoms. The van der Waals surface area contributed by atoms with Gasteiger partial charge in [0.05, 0.1) is 0 Å². The highest BCUT2D eigenvalue weighted by Gasteiger charge is 2.28. The molecule has 1 nitrogen and oxygen atoms in total. The van der Waals surface area contributed by atoms with Crippen LogP contribution in [0.3, 0.4) is 0 Å². The monoisotopic (exact) mass is 238 g/mol. The first-order valence-corrected chi connectivity index (χ1v) is 7.89. The van der Waals surface area contributed by atoms with Crippen LogP contribution in [0.25, 0.3) is 0 Å². The normalized spacial score (nSPS) is 36.4. The largest absolute Gasteiger partial charge is 0.381 e. The Bertz CT molecular complexity index is 180. The van der Waals surface area contributed by atoms with E-state index in [1.807, 2.05) is 0 Å². The molecule has 0 unspecified atom stereocenters. The van der Waals surface area contributed by atoms with Crippen molar-refractivity contribution < 1.29 is 4.74 Å². The lowest BCUT2D eigenvalue weighted by Crippen LogP contribution is -2.25. The summed E-state index contributed by atoms with van der Waals surface area (Å²) in [6, 6.07) is 0. The molecule has 0 amide bonds. The van der Waals surface area contributed by atoms with Crippen LogP contribution in [-0.2, 0) is 4.74 Å². The molecule has 2 fully saturated rings. The fourth-order valence-corrected chi connectivity index (χ4v) is 3.49. The van der Waals surface area contributed by atoms with Crippen LogP contribution in [0.1, 0.15) is 65.2 Å². The maximum Gasteiger partial charge on any atom is 0.0468 e. The molecule has 0 heterocycles. The maximum atomic E-state index is 5.78. The molecule has 2 saturated carbocycles. The van der Waals surface area contributed by atoms with E-state index in [0.717, 1.165) is 36.9 Å². The molecule has 100 valence electrons. The molecule has 2 rings (SSSR count). The fraction of sp³-hybridized carbons (Fsp3) is 1.00. The van der Waals surface area contributed by atoms with Gasteiger partial charge in [0.1, 0.15) is 0 Å². The number of rotatable bonds is 8. The number of ether oxygens (including phenoxy) is 1. The van der Waals surface area contributed by atoms with Gasteiger partial charge in [0.25, 0.3) is 0 Å². The van der Waals surface area contributed by atoms with Crippen molar-refractivity contribution in [2.75, 3.05) is 13.2 Å². The zero-order valence-electron chi connectivity index (χ0n) is 11.8. The van der Waals surface area contributed by atoms with Gasteiger partial charge in [-0.25, -0.2) is 0 Å². The fourth-order valence-electron chi connectivity index (χ4n) is 3.49. The molecule has 0 aliphatic heterocycles. The highest BCUT2D eigenvalue weighted by atomic mass is 16.5. The van der Waals surface area contributed by atoms with Gasteiger partial charge in [-0.1, -0.05) is 26.7 Å². The second kappa shape index (κ2) is 6.78. The predicted octanol–water partition coefficient (Wildman–Crippen LogP) is 4.66. The standard InChI is InChI=1S/C16H30O/c1-3-13-9-15(10-13)5-7-17-8-6-16-11-14(4-2)12-16/h13-16H,3-12H2,1-2H3. The summed E-state index contributed by atoms with van der Waals surface area (Å²) in [5.74, 6) is 4.07. The Morgan fingerprint density at radius 2 is 1.12 bits per heavy atom. The molecular formula is C16H30O. The third-order valence-corrected chi connectivity index (χ3v) is 5.16. The summed E-state index contributed by atoms with van der Waals surface area (Å²) in [6.45, 7) is 6.68. The van der Waals surface area contributed by atoms with Crippen LogP contribution in [-0.4, -0.2) is 13.2 Å². The summed E-state index contributed by atoms with van der Waals surface area (Å²) in [4.78, 5) is 0. The molecule has 0 bridgehead atoms. The molecule has 0 aromatic carbocycles. The van der Waals surface area contributed by atoms with Crippen LogP contribution < -0.4 is 0 Å². The highest BCUT2D eigenvalue weighted by molar-refractivity contribution is 4.79. The first-order valence-electron chi connectivity index (χ1n) is 7.89. The van der Waals surface area contributed by atoms with Gasteiger partial charge in [0.15, 0.2) is 0 Å². The van der Waals surface area contributed by atoms with Crippen molar-refractivity contribution in [1.29, 1.82) is 0 Å². The van der Waals surface area contributed by atoms with Crippen molar-refractivity contribution in [3.05, 3.63) is 0 Å². The van der Waals surface area contributed by atoms with E-state index >= 15 is 0 Å². The van der Waals surface area contributed by atoms with E-state index in [1.165, 1.54) is 51.4 Å². The van der Waals surface area contributed by atoms with E-state index in [1.54, 1.807) is 0 Å². The number of hydrogen-bond acceptors (Lipinski definition) is 1.